The highest BCUT2D eigenvalue weighted by Gasteiger charge is 2.02. The van der Waals surface area contributed by atoms with Crippen LogP contribution in [-0.4, -0.2) is 43.5 Å². The molecule has 24 heavy (non-hydrogen) atoms. The SMILES string of the molecule is CCNC(=NCC(=O)NCc1ccccc1)NCCCCSC.I. The third kappa shape index (κ3) is 11.6. The first-order chi connectivity index (χ1) is 11.3. The van der Waals surface area contributed by atoms with E-state index in [9.17, 15) is 4.79 Å². The molecule has 1 aromatic rings. The molecule has 0 aliphatic heterocycles. The van der Waals surface area contributed by atoms with Gasteiger partial charge in [0.05, 0.1) is 0 Å². The van der Waals surface area contributed by atoms with Crippen molar-refractivity contribution >= 4 is 47.6 Å². The molecule has 1 rings (SSSR count). The van der Waals surface area contributed by atoms with Gasteiger partial charge in [0.2, 0.25) is 5.91 Å². The zero-order chi connectivity index (χ0) is 16.8. The lowest BCUT2D eigenvalue weighted by Crippen LogP contribution is -2.39. The number of nitrogens with zero attached hydrogens (tertiary/aromatic N) is 1. The van der Waals surface area contributed by atoms with Crippen LogP contribution in [0, 0.1) is 0 Å². The molecule has 1 aromatic carbocycles. The van der Waals surface area contributed by atoms with Crippen LogP contribution in [-0.2, 0) is 11.3 Å². The maximum absolute atomic E-state index is 11.9. The van der Waals surface area contributed by atoms with E-state index in [2.05, 4.69) is 27.2 Å². The summed E-state index contributed by atoms with van der Waals surface area (Å²) in [6.07, 6.45) is 4.41. The van der Waals surface area contributed by atoms with Gasteiger partial charge >= 0.3 is 0 Å². The van der Waals surface area contributed by atoms with Crippen LogP contribution < -0.4 is 16.0 Å². The monoisotopic (exact) mass is 464 g/mol. The van der Waals surface area contributed by atoms with Crippen molar-refractivity contribution in [2.45, 2.75) is 26.3 Å². The number of carbonyl (C=O) groups excluding carboxylic acids is 1. The molecule has 1 amide bonds. The van der Waals surface area contributed by atoms with Crippen molar-refractivity contribution in [2.75, 3.05) is 31.6 Å². The first-order valence-corrected chi connectivity index (χ1v) is 9.47. The maximum atomic E-state index is 11.9. The van der Waals surface area contributed by atoms with Gasteiger partial charge in [0.25, 0.3) is 0 Å². The summed E-state index contributed by atoms with van der Waals surface area (Å²) in [7, 11) is 0. The minimum atomic E-state index is -0.0755. The Morgan fingerprint density at radius 2 is 1.88 bits per heavy atom. The third-order valence-electron chi connectivity index (χ3n) is 3.13. The van der Waals surface area contributed by atoms with Crippen molar-refractivity contribution in [3.05, 3.63) is 35.9 Å². The number of hydrogen-bond acceptors (Lipinski definition) is 3. The van der Waals surface area contributed by atoms with Crippen molar-refractivity contribution in [2.24, 2.45) is 4.99 Å². The molecule has 7 heteroatoms. The highest BCUT2D eigenvalue weighted by Crippen LogP contribution is 1.98. The molecule has 0 aliphatic carbocycles. The summed E-state index contributed by atoms with van der Waals surface area (Å²) < 4.78 is 0. The number of guanidine groups is 1. The van der Waals surface area contributed by atoms with Gasteiger partial charge in [-0.05, 0) is 37.3 Å². The van der Waals surface area contributed by atoms with Crippen LogP contribution in [0.5, 0.6) is 0 Å². The van der Waals surface area contributed by atoms with E-state index in [4.69, 9.17) is 0 Å². The highest BCUT2D eigenvalue weighted by molar-refractivity contribution is 14.0. The second kappa shape index (κ2) is 15.6. The molecule has 136 valence electrons. The molecule has 0 bridgehead atoms. The molecule has 0 spiro atoms. The lowest BCUT2D eigenvalue weighted by atomic mass is 10.2. The molecule has 0 aliphatic rings. The second-order valence-electron chi connectivity index (χ2n) is 5.08. The molecule has 0 atom stereocenters. The van der Waals surface area contributed by atoms with Crippen molar-refractivity contribution in [3.8, 4) is 0 Å². The molecular formula is C17H29IN4OS. The largest absolute Gasteiger partial charge is 0.357 e. The van der Waals surface area contributed by atoms with E-state index in [0.29, 0.717) is 12.5 Å². The lowest BCUT2D eigenvalue weighted by Gasteiger charge is -2.11. The quantitative estimate of drug-likeness (QED) is 0.216. The molecule has 0 fully saturated rings. The summed E-state index contributed by atoms with van der Waals surface area (Å²) in [6.45, 7) is 4.33. The summed E-state index contributed by atoms with van der Waals surface area (Å²) in [4.78, 5) is 16.2. The van der Waals surface area contributed by atoms with Crippen LogP contribution in [0.1, 0.15) is 25.3 Å². The Morgan fingerprint density at radius 3 is 2.54 bits per heavy atom. The van der Waals surface area contributed by atoms with Gasteiger partial charge in [-0.15, -0.1) is 24.0 Å². The molecule has 3 N–H and O–H groups in total. The van der Waals surface area contributed by atoms with Gasteiger partial charge in [-0.1, -0.05) is 30.3 Å². The number of hydrogen-bond donors (Lipinski definition) is 3. The summed E-state index contributed by atoms with van der Waals surface area (Å²) in [5, 5.41) is 9.29. The van der Waals surface area contributed by atoms with Gasteiger partial charge < -0.3 is 16.0 Å². The van der Waals surface area contributed by atoms with Crippen LogP contribution >= 0.6 is 35.7 Å². The minimum absolute atomic E-state index is 0. The molecule has 0 saturated carbocycles. The standard InChI is InChI=1S/C17H28N4OS.HI/c1-3-18-17(19-11-7-8-12-23-2)21-14-16(22)20-13-15-9-5-4-6-10-15;/h4-6,9-10H,3,7-8,11-14H2,1-2H3,(H,20,22)(H2,18,19,21);1H. The van der Waals surface area contributed by atoms with Gasteiger partial charge in [0.15, 0.2) is 5.96 Å². The average Bonchev–Trinajstić information content (AvgIpc) is 2.58. The van der Waals surface area contributed by atoms with Crippen molar-refractivity contribution in [1.29, 1.82) is 0 Å². The van der Waals surface area contributed by atoms with Crippen LogP contribution in [0.2, 0.25) is 0 Å². The fourth-order valence-corrected chi connectivity index (χ4v) is 2.42. The van der Waals surface area contributed by atoms with Gasteiger partial charge in [0.1, 0.15) is 6.54 Å². The van der Waals surface area contributed by atoms with E-state index < -0.39 is 0 Å². The average molecular weight is 464 g/mol. The summed E-state index contributed by atoms with van der Waals surface area (Å²) in [5.74, 6) is 1.80. The summed E-state index contributed by atoms with van der Waals surface area (Å²) >= 11 is 1.86. The number of thioether (sulfide) groups is 1. The number of nitrogens with one attached hydrogen (secondary N) is 3. The molecule has 5 nitrogen and oxygen atoms in total. The molecule has 0 saturated heterocycles. The Morgan fingerprint density at radius 1 is 1.12 bits per heavy atom. The van der Waals surface area contributed by atoms with Crippen molar-refractivity contribution in [3.63, 3.8) is 0 Å². The number of halogens is 1. The molecule has 0 radical (unpaired) electrons. The first-order valence-electron chi connectivity index (χ1n) is 8.08. The van der Waals surface area contributed by atoms with E-state index in [1.807, 2.05) is 49.0 Å². The summed E-state index contributed by atoms with van der Waals surface area (Å²) in [6, 6.07) is 9.87. The number of carbonyl (C=O) groups is 1. The van der Waals surface area contributed by atoms with E-state index in [1.165, 1.54) is 12.2 Å². The third-order valence-corrected chi connectivity index (χ3v) is 3.82. The molecule has 0 heterocycles. The Labute approximate surface area is 166 Å². The second-order valence-corrected chi connectivity index (χ2v) is 6.07. The normalized spacial score (nSPS) is 10.7. The van der Waals surface area contributed by atoms with Crippen molar-refractivity contribution in [1.82, 2.24) is 16.0 Å². The lowest BCUT2D eigenvalue weighted by molar-refractivity contribution is -0.119. The maximum Gasteiger partial charge on any atom is 0.242 e. The fourth-order valence-electron chi connectivity index (χ4n) is 1.92. The number of unbranched alkanes of at least 4 members (excludes halogenated alkanes) is 1. The van der Waals surface area contributed by atoms with E-state index >= 15 is 0 Å². The van der Waals surface area contributed by atoms with E-state index in [0.717, 1.165) is 25.1 Å². The number of amides is 1. The predicted octanol–water partition coefficient (Wildman–Crippen LogP) is 2.62. The number of rotatable bonds is 10. The van der Waals surface area contributed by atoms with Crippen LogP contribution in [0.4, 0.5) is 0 Å². The zero-order valence-corrected chi connectivity index (χ0v) is 17.7. The van der Waals surface area contributed by atoms with Gasteiger partial charge in [-0.3, -0.25) is 4.79 Å². The summed E-state index contributed by atoms with van der Waals surface area (Å²) in [5.41, 5.74) is 1.09. The molecule has 0 unspecified atom stereocenters. The Balaban J connectivity index is 0.00000529. The van der Waals surface area contributed by atoms with Crippen LogP contribution in [0.25, 0.3) is 0 Å². The topological polar surface area (TPSA) is 65.5 Å². The smallest absolute Gasteiger partial charge is 0.242 e. The van der Waals surface area contributed by atoms with Gasteiger partial charge in [-0.2, -0.15) is 11.8 Å². The van der Waals surface area contributed by atoms with Gasteiger partial charge in [0, 0.05) is 19.6 Å². The Hall–Kier alpha value is -0.960. The van der Waals surface area contributed by atoms with Crippen LogP contribution in [0.15, 0.2) is 35.3 Å². The molecule has 0 aromatic heterocycles. The van der Waals surface area contributed by atoms with E-state index in [-0.39, 0.29) is 36.4 Å². The van der Waals surface area contributed by atoms with E-state index in [1.54, 1.807) is 0 Å². The molecular weight excluding hydrogens is 435 g/mol. The minimum Gasteiger partial charge on any atom is -0.357 e. The van der Waals surface area contributed by atoms with Crippen molar-refractivity contribution < 1.29 is 4.79 Å². The number of benzene rings is 1. The Kier molecular flexibility index (Phi) is 14.9. The number of aliphatic imine (C=N–C) groups is 1. The highest BCUT2D eigenvalue weighted by atomic mass is 127. The zero-order valence-electron chi connectivity index (χ0n) is 14.5. The van der Waals surface area contributed by atoms with Crippen LogP contribution in [0.3, 0.4) is 0 Å². The predicted molar refractivity (Wildman–Crippen MR) is 115 cm³/mol. The Bertz CT molecular complexity index is 471. The fraction of sp³-hybridized carbons (Fsp3) is 0.529. The van der Waals surface area contributed by atoms with Gasteiger partial charge in [-0.25, -0.2) is 4.99 Å². The first kappa shape index (κ1) is 23.0.